The Balaban J connectivity index is 2.19. The largest absolute Gasteiger partial charge is 0.392 e. The highest BCUT2D eigenvalue weighted by Crippen LogP contribution is 2.32. The molecule has 4 aromatic rings. The van der Waals surface area contributed by atoms with Crippen LogP contribution in [0.2, 0.25) is 0 Å². The van der Waals surface area contributed by atoms with Crippen LogP contribution in [0.1, 0.15) is 5.56 Å². The Morgan fingerprint density at radius 3 is 2.24 bits per heavy atom. The highest BCUT2D eigenvalue weighted by molar-refractivity contribution is 6.09. The molecule has 1 N–H and O–H groups in total. The molecule has 0 fully saturated rings. The number of fused-ring (bicyclic) bond motifs is 3. The molecule has 2 nitrogen and oxygen atoms in total. The SMILES string of the molecule is OCc1ccc2c3ccccc3n(-c3ccccc3)c2c1. The van der Waals surface area contributed by atoms with Crippen molar-refractivity contribution in [3.63, 3.8) is 0 Å². The number of aromatic nitrogens is 1. The van der Waals surface area contributed by atoms with Gasteiger partial charge in [0.15, 0.2) is 0 Å². The van der Waals surface area contributed by atoms with Crippen molar-refractivity contribution in [2.75, 3.05) is 0 Å². The second-order valence-corrected chi connectivity index (χ2v) is 5.20. The Morgan fingerprint density at radius 2 is 1.43 bits per heavy atom. The smallest absolute Gasteiger partial charge is 0.0682 e. The van der Waals surface area contributed by atoms with Crippen LogP contribution in [0, 0.1) is 0 Å². The molecule has 1 aromatic heterocycles. The summed E-state index contributed by atoms with van der Waals surface area (Å²) in [5.41, 5.74) is 4.39. The van der Waals surface area contributed by atoms with Crippen LogP contribution in [-0.2, 0) is 6.61 Å². The molecule has 0 bridgehead atoms. The van der Waals surface area contributed by atoms with E-state index in [4.69, 9.17) is 0 Å². The minimum atomic E-state index is 0.0618. The first-order valence-corrected chi connectivity index (χ1v) is 7.07. The third-order valence-corrected chi connectivity index (χ3v) is 3.94. The van der Waals surface area contributed by atoms with Gasteiger partial charge in [0.1, 0.15) is 0 Å². The van der Waals surface area contributed by atoms with E-state index in [-0.39, 0.29) is 6.61 Å². The molecule has 0 atom stereocenters. The summed E-state index contributed by atoms with van der Waals surface area (Å²) in [5, 5.41) is 11.9. The molecule has 0 aliphatic carbocycles. The molecule has 2 heteroatoms. The Bertz CT molecular complexity index is 922. The molecule has 0 aliphatic heterocycles. The van der Waals surface area contributed by atoms with Crippen LogP contribution >= 0.6 is 0 Å². The zero-order valence-electron chi connectivity index (χ0n) is 11.5. The Kier molecular flexibility index (Phi) is 2.76. The molecule has 0 unspecified atom stereocenters. The maximum absolute atomic E-state index is 9.42. The number of nitrogens with zero attached hydrogens (tertiary/aromatic N) is 1. The molecular weight excluding hydrogens is 258 g/mol. The van der Waals surface area contributed by atoms with E-state index in [1.807, 2.05) is 24.3 Å². The van der Waals surface area contributed by atoms with E-state index in [0.717, 1.165) is 16.8 Å². The fourth-order valence-corrected chi connectivity index (χ4v) is 2.97. The summed E-state index contributed by atoms with van der Waals surface area (Å²) in [4.78, 5) is 0. The second kappa shape index (κ2) is 4.76. The van der Waals surface area contributed by atoms with Crippen LogP contribution in [0.15, 0.2) is 72.8 Å². The number of benzene rings is 3. The number of hydrogen-bond donors (Lipinski definition) is 1. The van der Waals surface area contributed by atoms with E-state index in [9.17, 15) is 5.11 Å². The molecule has 0 spiro atoms. The van der Waals surface area contributed by atoms with Crippen molar-refractivity contribution in [3.05, 3.63) is 78.4 Å². The molecular formula is C19H15NO. The third-order valence-electron chi connectivity index (χ3n) is 3.94. The Morgan fingerprint density at radius 1 is 0.714 bits per heavy atom. The molecule has 3 aromatic carbocycles. The van der Waals surface area contributed by atoms with Gasteiger partial charge in [-0.05, 0) is 29.8 Å². The van der Waals surface area contributed by atoms with Gasteiger partial charge in [-0.25, -0.2) is 0 Å². The van der Waals surface area contributed by atoms with Crippen LogP contribution in [0.3, 0.4) is 0 Å². The van der Waals surface area contributed by atoms with Gasteiger partial charge in [-0.1, -0.05) is 48.5 Å². The molecule has 0 aliphatic rings. The van der Waals surface area contributed by atoms with Crippen molar-refractivity contribution in [1.82, 2.24) is 4.57 Å². The van der Waals surface area contributed by atoms with Gasteiger partial charge in [0, 0.05) is 16.5 Å². The van der Waals surface area contributed by atoms with Crippen LogP contribution in [0.25, 0.3) is 27.5 Å². The first-order valence-electron chi connectivity index (χ1n) is 7.07. The maximum atomic E-state index is 9.42. The van der Waals surface area contributed by atoms with Gasteiger partial charge >= 0.3 is 0 Å². The van der Waals surface area contributed by atoms with E-state index >= 15 is 0 Å². The Labute approximate surface area is 122 Å². The van der Waals surface area contributed by atoms with Crippen LogP contribution in [0.4, 0.5) is 0 Å². The monoisotopic (exact) mass is 273 g/mol. The molecule has 0 radical (unpaired) electrons. The van der Waals surface area contributed by atoms with Crippen LogP contribution in [0.5, 0.6) is 0 Å². The third kappa shape index (κ3) is 1.84. The van der Waals surface area contributed by atoms with E-state index in [0.29, 0.717) is 0 Å². The molecule has 0 amide bonds. The lowest BCUT2D eigenvalue weighted by Gasteiger charge is -2.07. The minimum Gasteiger partial charge on any atom is -0.392 e. The van der Waals surface area contributed by atoms with Crippen molar-refractivity contribution in [2.24, 2.45) is 0 Å². The van der Waals surface area contributed by atoms with Gasteiger partial charge in [0.2, 0.25) is 0 Å². The van der Waals surface area contributed by atoms with E-state index < -0.39 is 0 Å². The van der Waals surface area contributed by atoms with E-state index in [1.54, 1.807) is 0 Å². The van der Waals surface area contributed by atoms with Crippen molar-refractivity contribution in [2.45, 2.75) is 6.61 Å². The highest BCUT2D eigenvalue weighted by Gasteiger charge is 2.11. The summed E-state index contributed by atoms with van der Waals surface area (Å²) in [6, 6.07) is 24.9. The summed E-state index contributed by atoms with van der Waals surface area (Å²) >= 11 is 0. The van der Waals surface area contributed by atoms with Gasteiger partial charge in [0.25, 0.3) is 0 Å². The van der Waals surface area contributed by atoms with E-state index in [1.165, 1.54) is 16.3 Å². The fraction of sp³-hybridized carbons (Fsp3) is 0.0526. The van der Waals surface area contributed by atoms with Crippen molar-refractivity contribution < 1.29 is 5.11 Å². The summed E-state index contributed by atoms with van der Waals surface area (Å²) in [5.74, 6) is 0. The lowest BCUT2D eigenvalue weighted by molar-refractivity contribution is 0.282. The molecule has 4 rings (SSSR count). The quantitative estimate of drug-likeness (QED) is 0.579. The number of para-hydroxylation sites is 2. The predicted molar refractivity (Wildman–Crippen MR) is 86.7 cm³/mol. The van der Waals surface area contributed by atoms with Crippen LogP contribution < -0.4 is 0 Å². The zero-order chi connectivity index (χ0) is 14.2. The first kappa shape index (κ1) is 12.2. The summed E-state index contributed by atoms with van der Waals surface area (Å²) in [6.45, 7) is 0.0618. The lowest BCUT2D eigenvalue weighted by atomic mass is 10.1. The predicted octanol–water partition coefficient (Wildman–Crippen LogP) is 4.28. The van der Waals surface area contributed by atoms with Crippen molar-refractivity contribution in [1.29, 1.82) is 0 Å². The first-order chi connectivity index (χ1) is 10.4. The van der Waals surface area contributed by atoms with Gasteiger partial charge in [-0.3, -0.25) is 0 Å². The van der Waals surface area contributed by atoms with Gasteiger partial charge in [-0.2, -0.15) is 0 Å². The molecule has 102 valence electrons. The standard InChI is InChI=1S/C19H15NO/c21-13-14-10-11-17-16-8-4-5-9-18(16)20(19(17)12-14)15-6-2-1-3-7-15/h1-12,21H,13H2. The average molecular weight is 273 g/mol. The summed E-state index contributed by atoms with van der Waals surface area (Å²) in [7, 11) is 0. The van der Waals surface area contributed by atoms with Gasteiger partial charge in [0.05, 0.1) is 17.6 Å². The molecule has 0 saturated heterocycles. The number of rotatable bonds is 2. The highest BCUT2D eigenvalue weighted by atomic mass is 16.3. The van der Waals surface area contributed by atoms with Gasteiger partial charge < -0.3 is 9.67 Å². The number of aliphatic hydroxyl groups excluding tert-OH is 1. The molecule has 21 heavy (non-hydrogen) atoms. The van der Waals surface area contributed by atoms with E-state index in [2.05, 4.69) is 53.1 Å². The molecule has 0 saturated carbocycles. The topological polar surface area (TPSA) is 25.2 Å². The maximum Gasteiger partial charge on any atom is 0.0682 e. The van der Waals surface area contributed by atoms with Crippen molar-refractivity contribution >= 4 is 21.8 Å². The minimum absolute atomic E-state index is 0.0618. The Hall–Kier alpha value is -2.58. The summed E-state index contributed by atoms with van der Waals surface area (Å²) in [6.07, 6.45) is 0. The second-order valence-electron chi connectivity index (χ2n) is 5.20. The van der Waals surface area contributed by atoms with Crippen LogP contribution in [-0.4, -0.2) is 9.67 Å². The number of hydrogen-bond acceptors (Lipinski definition) is 1. The molecule has 1 heterocycles. The fourth-order valence-electron chi connectivity index (χ4n) is 2.97. The summed E-state index contributed by atoms with van der Waals surface area (Å²) < 4.78 is 2.25. The normalized spacial score (nSPS) is 11.3. The average Bonchev–Trinajstić information content (AvgIpc) is 2.89. The van der Waals surface area contributed by atoms with Gasteiger partial charge in [-0.15, -0.1) is 0 Å². The zero-order valence-corrected chi connectivity index (χ0v) is 11.5. The van der Waals surface area contributed by atoms with Crippen molar-refractivity contribution in [3.8, 4) is 5.69 Å². The number of aliphatic hydroxyl groups is 1. The lowest BCUT2D eigenvalue weighted by Crippen LogP contribution is -1.93.